The summed E-state index contributed by atoms with van der Waals surface area (Å²) in [6.45, 7) is 4.51. The number of hydrogen-bond acceptors (Lipinski definition) is 22. The first-order chi connectivity index (χ1) is 24.4. The van der Waals surface area contributed by atoms with E-state index in [1.165, 1.54) is 20.8 Å². The van der Waals surface area contributed by atoms with Gasteiger partial charge in [-0.25, -0.2) is 19.3 Å². The number of aliphatic hydroxyl groups excluding tert-OH is 2. The predicted octanol–water partition coefficient (Wildman–Crippen LogP) is -3.50. The van der Waals surface area contributed by atoms with Crippen LogP contribution in [0.1, 0.15) is 27.2 Å². The van der Waals surface area contributed by atoms with Crippen LogP contribution in [0.5, 0.6) is 0 Å². The van der Waals surface area contributed by atoms with Gasteiger partial charge >= 0.3 is 0 Å². The van der Waals surface area contributed by atoms with E-state index in [4.69, 9.17) is 10.5 Å². The van der Waals surface area contributed by atoms with Gasteiger partial charge < -0.3 is 69.0 Å². The standard InChI is InChI=1S/C25H40N7O17P3S/c1-5-16(34)53-9-8-27-15(33)6-7-28-23(37)20(36)24(2,3)11-46-52(43,44)49-51(41,42)45-10-14-18(48-50(38,39)40)19(35)25(4,47-14)32-13-31-17-21(26)29-12-30-22(17)32/h5,12-14,18-20,35-36H,1,6-11H2,2-4H3,(H,27,33)(H,28,37)(H,41,42)(H,43,44)(H2,26,29,30)(H2,38,39,40)/p-4. The molecule has 298 valence electrons. The highest BCUT2D eigenvalue weighted by atomic mass is 32.2. The number of phosphoric ester groups is 3. The summed E-state index contributed by atoms with van der Waals surface area (Å²) in [7, 11) is -17.6. The van der Waals surface area contributed by atoms with Gasteiger partial charge in [-0.15, -0.1) is 0 Å². The highest BCUT2D eigenvalue weighted by Crippen LogP contribution is 2.56. The van der Waals surface area contributed by atoms with Gasteiger partial charge in [0.1, 0.15) is 36.3 Å². The minimum absolute atomic E-state index is 0.0335. The number of carbonyl (C=O) groups excluding carboxylic acids is 3. The zero-order valence-electron chi connectivity index (χ0n) is 28.1. The van der Waals surface area contributed by atoms with E-state index in [-0.39, 0.29) is 47.4 Å². The number of phosphoric acid groups is 3. The zero-order valence-corrected chi connectivity index (χ0v) is 31.6. The molecule has 2 aromatic heterocycles. The Morgan fingerprint density at radius 2 is 1.81 bits per heavy atom. The Balaban J connectivity index is 1.57. The minimum Gasteiger partial charge on any atom is -0.790 e. The number of rotatable bonds is 20. The molecule has 0 bridgehead atoms. The number of aromatic nitrogens is 4. The number of thioether (sulfide) groups is 1. The van der Waals surface area contributed by atoms with Crippen LogP contribution in [0.2, 0.25) is 0 Å². The molecule has 6 N–H and O–H groups in total. The van der Waals surface area contributed by atoms with Gasteiger partial charge in [-0.2, -0.15) is 0 Å². The highest BCUT2D eigenvalue weighted by molar-refractivity contribution is 8.14. The summed E-state index contributed by atoms with van der Waals surface area (Å²) in [5, 5.41) is 26.0. The van der Waals surface area contributed by atoms with E-state index in [0.29, 0.717) is 0 Å². The third kappa shape index (κ3) is 12.4. The second-order valence-electron chi connectivity index (χ2n) is 11.9. The Hall–Kier alpha value is -2.70. The molecule has 2 aromatic rings. The van der Waals surface area contributed by atoms with Crippen molar-refractivity contribution in [3.63, 3.8) is 0 Å². The molecule has 1 saturated heterocycles. The Kier molecular flexibility index (Phi) is 15.0. The lowest BCUT2D eigenvalue weighted by Crippen LogP contribution is -2.46. The molecule has 1 aliphatic rings. The van der Waals surface area contributed by atoms with Crippen molar-refractivity contribution in [1.82, 2.24) is 30.2 Å². The predicted molar refractivity (Wildman–Crippen MR) is 173 cm³/mol. The first-order valence-corrected chi connectivity index (χ1v) is 20.4. The van der Waals surface area contributed by atoms with E-state index in [9.17, 15) is 57.9 Å². The van der Waals surface area contributed by atoms with Crippen LogP contribution in [0.3, 0.4) is 0 Å². The molecule has 3 heterocycles. The first kappa shape index (κ1) is 44.7. The van der Waals surface area contributed by atoms with Crippen LogP contribution >= 0.6 is 35.2 Å². The fraction of sp³-hybridized carbons (Fsp3) is 0.600. The van der Waals surface area contributed by atoms with E-state index < -0.39 is 84.1 Å². The molecule has 7 unspecified atom stereocenters. The van der Waals surface area contributed by atoms with Gasteiger partial charge in [0.15, 0.2) is 17.2 Å². The second kappa shape index (κ2) is 17.8. The van der Waals surface area contributed by atoms with Crippen LogP contribution in [0.4, 0.5) is 5.82 Å². The molecular weight excluding hydrogens is 795 g/mol. The van der Waals surface area contributed by atoms with E-state index in [2.05, 4.69) is 50.0 Å². The Labute approximate surface area is 305 Å². The number of carbonyl (C=O) groups is 3. The molecular formula is C25H36N7O17P3S-4. The van der Waals surface area contributed by atoms with Crippen molar-refractivity contribution in [3.8, 4) is 0 Å². The van der Waals surface area contributed by atoms with E-state index in [1.807, 2.05) is 0 Å². The van der Waals surface area contributed by atoms with Gasteiger partial charge in [0, 0.05) is 30.7 Å². The van der Waals surface area contributed by atoms with E-state index in [0.717, 1.165) is 35.1 Å². The summed E-state index contributed by atoms with van der Waals surface area (Å²) >= 11 is 0.940. The third-order valence-corrected chi connectivity index (χ3v) is 11.2. The smallest absolute Gasteiger partial charge is 0.274 e. The van der Waals surface area contributed by atoms with E-state index >= 15 is 0 Å². The van der Waals surface area contributed by atoms with Crippen molar-refractivity contribution in [3.05, 3.63) is 25.3 Å². The quantitative estimate of drug-likeness (QED) is 0.0491. The number of nitrogen functional groups attached to an aromatic ring is 1. The molecule has 53 heavy (non-hydrogen) atoms. The number of nitrogens with zero attached hydrogens (tertiary/aromatic N) is 4. The van der Waals surface area contributed by atoms with Crippen molar-refractivity contribution in [2.24, 2.45) is 5.41 Å². The number of fused-ring (bicyclic) bond motifs is 1. The first-order valence-electron chi connectivity index (χ1n) is 15.1. The maximum absolute atomic E-state index is 12.5. The number of aliphatic hydroxyl groups is 2. The largest absolute Gasteiger partial charge is 0.790 e. The van der Waals surface area contributed by atoms with Crippen molar-refractivity contribution in [2.75, 3.05) is 37.8 Å². The van der Waals surface area contributed by atoms with Crippen molar-refractivity contribution >= 4 is 69.1 Å². The molecule has 24 nitrogen and oxygen atoms in total. The summed E-state index contributed by atoms with van der Waals surface area (Å²) in [4.78, 5) is 95.2. The summed E-state index contributed by atoms with van der Waals surface area (Å²) in [5.74, 6) is -1.29. The molecule has 28 heteroatoms. The summed E-state index contributed by atoms with van der Waals surface area (Å²) in [6, 6.07) is 0. The molecule has 0 aromatic carbocycles. The number of ether oxygens (including phenoxy) is 1. The SMILES string of the molecule is C=CC(=O)SCCNC(=O)CCNC(=O)C(O)C(C)(C)COP(=O)([O-])OP(=O)([O-])OCC1OC(C)(n2cnc3c(N)ncnc32)C(O)C1OP(=O)([O-])[O-]. The molecule has 1 aliphatic heterocycles. The number of nitrogens with two attached hydrogens (primary N) is 1. The maximum Gasteiger partial charge on any atom is 0.274 e. The van der Waals surface area contributed by atoms with Gasteiger partial charge in [-0.1, -0.05) is 32.2 Å². The van der Waals surface area contributed by atoms with Crippen molar-refractivity contribution < 1.29 is 80.5 Å². The number of anilines is 1. The highest BCUT2D eigenvalue weighted by Gasteiger charge is 2.55. The number of nitrogens with one attached hydrogen (secondary N) is 2. The van der Waals surface area contributed by atoms with Gasteiger partial charge in [0.25, 0.3) is 15.6 Å². The van der Waals surface area contributed by atoms with Crippen molar-refractivity contribution in [1.29, 1.82) is 0 Å². The number of amides is 2. The van der Waals surface area contributed by atoms with Crippen LogP contribution in [-0.4, -0.2) is 103 Å². The monoisotopic (exact) mass is 831 g/mol. The average Bonchev–Trinajstić information content (AvgIpc) is 3.60. The Morgan fingerprint density at radius 3 is 2.45 bits per heavy atom. The topological polar surface area (TPSA) is 375 Å². The second-order valence-corrected chi connectivity index (χ2v) is 17.1. The fourth-order valence-corrected chi connectivity index (χ4v) is 7.88. The summed E-state index contributed by atoms with van der Waals surface area (Å²) in [5.41, 5.74) is 2.01. The van der Waals surface area contributed by atoms with Crippen LogP contribution in [0.15, 0.2) is 25.3 Å². The van der Waals surface area contributed by atoms with Crippen LogP contribution in [0, 0.1) is 5.41 Å². The van der Waals surface area contributed by atoms with Crippen molar-refractivity contribution in [2.45, 2.75) is 57.3 Å². The zero-order chi connectivity index (χ0) is 40.0. The van der Waals surface area contributed by atoms with Gasteiger partial charge in [-0.3, -0.25) is 28.1 Å². The number of imidazole rings is 1. The molecule has 3 rings (SSSR count). The van der Waals surface area contributed by atoms with Crippen LogP contribution in [-0.2, 0) is 56.4 Å². The lowest BCUT2D eigenvalue weighted by molar-refractivity contribution is -0.347. The molecule has 0 saturated carbocycles. The van der Waals surface area contributed by atoms with Crippen LogP contribution in [0.25, 0.3) is 11.2 Å². The fourth-order valence-electron chi connectivity index (χ4n) is 4.63. The normalized spacial score (nSPS) is 23.5. The molecule has 0 radical (unpaired) electrons. The Morgan fingerprint density at radius 1 is 1.15 bits per heavy atom. The average molecular weight is 832 g/mol. The van der Waals surface area contributed by atoms with Gasteiger partial charge in [0.2, 0.25) is 16.9 Å². The molecule has 0 spiro atoms. The molecule has 2 amide bonds. The Bertz CT molecular complexity index is 1810. The van der Waals surface area contributed by atoms with Crippen LogP contribution < -0.4 is 35.9 Å². The van der Waals surface area contributed by atoms with E-state index in [1.54, 1.807) is 0 Å². The maximum atomic E-state index is 12.5. The number of hydrogen-bond donors (Lipinski definition) is 5. The molecule has 0 aliphatic carbocycles. The van der Waals surface area contributed by atoms with Gasteiger partial charge in [0.05, 0.1) is 27.4 Å². The lowest BCUT2D eigenvalue weighted by Gasteiger charge is -2.36. The summed E-state index contributed by atoms with van der Waals surface area (Å²) in [6.07, 6.45) is -4.97. The third-order valence-electron chi connectivity index (χ3n) is 7.37. The van der Waals surface area contributed by atoms with Gasteiger partial charge in [-0.05, 0) is 13.0 Å². The molecule has 1 fully saturated rings. The minimum atomic E-state index is -5.93. The molecule has 7 atom stereocenters. The summed E-state index contributed by atoms with van der Waals surface area (Å²) < 4.78 is 60.8. The lowest BCUT2D eigenvalue weighted by atomic mass is 9.87.